The van der Waals surface area contributed by atoms with Crippen LogP contribution in [-0.4, -0.2) is 62.2 Å². The minimum absolute atomic E-state index is 0.112. The summed E-state index contributed by atoms with van der Waals surface area (Å²) in [5, 5.41) is 20.5. The SMILES string of the molecule is Cc1sc2c(SCCF)n(C(N)=O)c[n+]2c1C1=C(C(=O)O)N2C(=O)[C@H]([C@@H](C)O)[C@H]2[C@H]1C. The Bertz CT molecular complexity index is 1150. The molecule has 4 heterocycles. The predicted octanol–water partition coefficient (Wildman–Crippen LogP) is 1.24. The van der Waals surface area contributed by atoms with Crippen LogP contribution in [0.1, 0.15) is 24.4 Å². The summed E-state index contributed by atoms with van der Waals surface area (Å²) in [6.45, 7) is 4.60. The number of amides is 2. The average molecular weight is 470 g/mol. The minimum Gasteiger partial charge on any atom is -0.477 e. The number of alkyl halides is 1. The third-order valence-electron chi connectivity index (χ3n) is 5.86. The van der Waals surface area contributed by atoms with Crippen LogP contribution < -0.4 is 10.1 Å². The number of halogens is 1. The number of imidazole rings is 1. The van der Waals surface area contributed by atoms with Gasteiger partial charge in [-0.3, -0.25) is 9.18 Å². The summed E-state index contributed by atoms with van der Waals surface area (Å²) in [4.78, 5) is 39.5. The van der Waals surface area contributed by atoms with Crippen molar-refractivity contribution in [3.05, 3.63) is 22.6 Å². The van der Waals surface area contributed by atoms with Crippen molar-refractivity contribution >= 4 is 51.4 Å². The van der Waals surface area contributed by atoms with Gasteiger partial charge in [-0.15, -0.1) is 4.57 Å². The molecule has 1 saturated heterocycles. The first kappa shape index (κ1) is 21.8. The summed E-state index contributed by atoms with van der Waals surface area (Å²) in [7, 11) is 0. The third-order valence-corrected chi connectivity index (χ3v) is 8.09. The lowest BCUT2D eigenvalue weighted by atomic mass is 9.77. The van der Waals surface area contributed by atoms with Crippen LogP contribution in [0, 0.1) is 18.8 Å². The molecule has 4 rings (SSSR count). The van der Waals surface area contributed by atoms with Crippen molar-refractivity contribution in [2.75, 3.05) is 12.4 Å². The highest BCUT2D eigenvalue weighted by Crippen LogP contribution is 2.51. The number of nitrogens with zero attached hydrogens (tertiary/aromatic N) is 3. The molecule has 0 aliphatic carbocycles. The van der Waals surface area contributed by atoms with E-state index in [-0.39, 0.29) is 17.4 Å². The molecule has 31 heavy (non-hydrogen) atoms. The highest BCUT2D eigenvalue weighted by molar-refractivity contribution is 7.99. The number of aliphatic hydroxyl groups excluding tert-OH is 1. The lowest BCUT2D eigenvalue weighted by molar-refractivity contribution is -0.511. The number of hydrogen-bond donors (Lipinski definition) is 3. The first-order valence-corrected chi connectivity index (χ1v) is 11.5. The number of carbonyl (C=O) groups excluding carboxylic acids is 2. The number of hydrogen-bond acceptors (Lipinski definition) is 6. The van der Waals surface area contributed by atoms with Gasteiger partial charge in [0.25, 0.3) is 6.33 Å². The van der Waals surface area contributed by atoms with E-state index in [4.69, 9.17) is 5.73 Å². The molecule has 2 aliphatic rings. The number of primary amides is 1. The molecule has 12 heteroatoms. The Hall–Kier alpha value is -2.44. The molecule has 9 nitrogen and oxygen atoms in total. The number of thiazole rings is 1. The van der Waals surface area contributed by atoms with Gasteiger partial charge < -0.3 is 20.8 Å². The van der Waals surface area contributed by atoms with Crippen molar-refractivity contribution in [1.82, 2.24) is 9.47 Å². The van der Waals surface area contributed by atoms with Crippen LogP contribution in [0.4, 0.5) is 9.18 Å². The normalized spacial score (nSPS) is 24.0. The van der Waals surface area contributed by atoms with Gasteiger partial charge in [0.1, 0.15) is 5.70 Å². The standard InChI is InChI=1S/C19H21FN4O5S2/c1-7-10(14(18(27)28)24-12(7)11(8(2)25)15(24)26)13-9(3)31-17-16(30-5-4-20)23(19(21)29)6-22(13)17/h6-8,11-12,25H,4-5H2,1-3H3,(H2-,21,27,28,29)/p+1/t7-,8+,11+,12+/m0/s1. The van der Waals surface area contributed by atoms with Gasteiger partial charge in [-0.1, -0.05) is 30.0 Å². The number of aliphatic carboxylic acids is 1. The van der Waals surface area contributed by atoms with E-state index < -0.39 is 42.6 Å². The highest BCUT2D eigenvalue weighted by Gasteiger charge is 2.61. The summed E-state index contributed by atoms with van der Waals surface area (Å²) < 4.78 is 15.7. The summed E-state index contributed by atoms with van der Waals surface area (Å²) >= 11 is 2.49. The van der Waals surface area contributed by atoms with Gasteiger partial charge in [0.2, 0.25) is 15.8 Å². The van der Waals surface area contributed by atoms with Gasteiger partial charge in [-0.25, -0.2) is 9.59 Å². The van der Waals surface area contributed by atoms with Gasteiger partial charge in [-0.05, 0) is 13.8 Å². The zero-order valence-corrected chi connectivity index (χ0v) is 18.7. The number of rotatable bonds is 6. The lowest BCUT2D eigenvalue weighted by Crippen LogP contribution is -2.63. The zero-order chi connectivity index (χ0) is 22.8. The molecule has 0 radical (unpaired) electrons. The summed E-state index contributed by atoms with van der Waals surface area (Å²) in [5.74, 6) is -2.54. The largest absolute Gasteiger partial charge is 0.477 e. The van der Waals surface area contributed by atoms with Crippen molar-refractivity contribution in [2.45, 2.75) is 37.9 Å². The van der Waals surface area contributed by atoms with E-state index in [9.17, 15) is 29.0 Å². The monoisotopic (exact) mass is 469 g/mol. The number of fused-ring (bicyclic) bond motifs is 2. The van der Waals surface area contributed by atoms with Crippen molar-refractivity contribution in [2.24, 2.45) is 17.6 Å². The molecule has 0 unspecified atom stereocenters. The molecule has 4 N–H and O–H groups in total. The highest BCUT2D eigenvalue weighted by atomic mass is 32.2. The Kier molecular flexibility index (Phi) is 5.34. The fourth-order valence-corrected chi connectivity index (χ4v) is 6.75. The maximum atomic E-state index is 12.8. The second-order valence-electron chi connectivity index (χ2n) is 7.67. The second-order valence-corrected chi connectivity index (χ2v) is 9.96. The zero-order valence-electron chi connectivity index (χ0n) is 17.0. The van der Waals surface area contributed by atoms with E-state index >= 15 is 0 Å². The van der Waals surface area contributed by atoms with Crippen LogP contribution >= 0.6 is 23.1 Å². The van der Waals surface area contributed by atoms with E-state index in [0.717, 1.165) is 16.6 Å². The van der Waals surface area contributed by atoms with E-state index in [1.807, 2.05) is 13.8 Å². The summed E-state index contributed by atoms with van der Waals surface area (Å²) in [5.41, 5.74) is 6.42. The van der Waals surface area contributed by atoms with Crippen LogP contribution in [0.2, 0.25) is 0 Å². The predicted molar refractivity (Wildman–Crippen MR) is 111 cm³/mol. The molecule has 0 bridgehead atoms. The number of β-lactam (4-membered cyclic amide) rings is 1. The van der Waals surface area contributed by atoms with E-state index in [0.29, 0.717) is 21.1 Å². The molecule has 2 aromatic rings. The van der Waals surface area contributed by atoms with Gasteiger partial charge in [0.15, 0.2) is 5.69 Å². The van der Waals surface area contributed by atoms with E-state index in [2.05, 4.69) is 0 Å². The Balaban J connectivity index is 1.94. The summed E-state index contributed by atoms with van der Waals surface area (Å²) in [6, 6.07) is -1.19. The Labute approximate surface area is 184 Å². The first-order valence-electron chi connectivity index (χ1n) is 9.65. The van der Waals surface area contributed by atoms with Gasteiger partial charge in [0.05, 0.1) is 29.6 Å². The number of carboxylic acid groups (broad SMARTS) is 1. The molecular weight excluding hydrogens is 447 g/mol. The number of nitrogens with two attached hydrogens (primary N) is 1. The molecule has 2 amide bonds. The van der Waals surface area contributed by atoms with Crippen LogP contribution in [0.5, 0.6) is 0 Å². The van der Waals surface area contributed by atoms with Gasteiger partial charge in [-0.2, -0.15) is 4.40 Å². The fraction of sp³-hybridized carbons (Fsp3) is 0.474. The van der Waals surface area contributed by atoms with Crippen LogP contribution in [-0.2, 0) is 9.59 Å². The molecule has 0 saturated carbocycles. The molecule has 2 aliphatic heterocycles. The van der Waals surface area contributed by atoms with E-state index in [1.54, 1.807) is 4.40 Å². The van der Waals surface area contributed by atoms with Gasteiger partial charge >= 0.3 is 12.0 Å². The Morgan fingerprint density at radius 2 is 2.13 bits per heavy atom. The lowest BCUT2D eigenvalue weighted by Gasteiger charge is -2.46. The number of aryl methyl sites for hydroxylation is 1. The van der Waals surface area contributed by atoms with Crippen molar-refractivity contribution < 1.29 is 33.4 Å². The Morgan fingerprint density at radius 1 is 1.45 bits per heavy atom. The van der Waals surface area contributed by atoms with Gasteiger partial charge in [0, 0.05) is 17.2 Å². The number of aliphatic hydroxyl groups is 1. The maximum absolute atomic E-state index is 12.8. The number of carbonyl (C=O) groups is 3. The number of carboxylic acids is 1. The third kappa shape index (κ3) is 2.99. The maximum Gasteiger partial charge on any atom is 0.411 e. The smallest absolute Gasteiger partial charge is 0.411 e. The molecular formula is C19H22FN4O5S2+. The number of thioether (sulfide) groups is 1. The fourth-order valence-electron chi connectivity index (χ4n) is 4.66. The molecule has 0 aromatic carbocycles. The van der Waals surface area contributed by atoms with Crippen LogP contribution in [0.3, 0.4) is 0 Å². The minimum atomic E-state index is -1.23. The molecule has 2 aromatic heterocycles. The quantitative estimate of drug-likeness (QED) is 0.332. The van der Waals surface area contributed by atoms with Crippen molar-refractivity contribution in [1.29, 1.82) is 0 Å². The number of aromatic nitrogens is 2. The first-order chi connectivity index (χ1) is 14.6. The average Bonchev–Trinajstić information content (AvgIpc) is 3.26. The van der Waals surface area contributed by atoms with Crippen molar-refractivity contribution in [3.63, 3.8) is 0 Å². The molecule has 166 valence electrons. The molecule has 1 fully saturated rings. The van der Waals surface area contributed by atoms with Crippen molar-refractivity contribution in [3.8, 4) is 0 Å². The molecule has 0 spiro atoms. The van der Waals surface area contributed by atoms with E-state index in [1.165, 1.54) is 34.1 Å². The Morgan fingerprint density at radius 3 is 2.68 bits per heavy atom. The summed E-state index contributed by atoms with van der Waals surface area (Å²) in [6.07, 6.45) is 0.571. The second kappa shape index (κ2) is 7.61. The van der Waals surface area contributed by atoms with Crippen LogP contribution in [0.15, 0.2) is 17.1 Å². The topological polar surface area (TPSA) is 130 Å². The van der Waals surface area contributed by atoms with Crippen LogP contribution in [0.25, 0.3) is 10.4 Å². The molecule has 4 atom stereocenters.